The molecule has 0 spiro atoms. The second-order valence-electron chi connectivity index (χ2n) is 7.33. The van der Waals surface area contributed by atoms with E-state index in [1.165, 1.54) is 11.3 Å². The summed E-state index contributed by atoms with van der Waals surface area (Å²) in [4.78, 5) is 5.83. The summed E-state index contributed by atoms with van der Waals surface area (Å²) in [6, 6.07) is 8.54. The maximum absolute atomic E-state index is 14.0. The molecule has 0 atom stereocenters. The van der Waals surface area contributed by atoms with Gasteiger partial charge in [-0.15, -0.1) is 11.3 Å². The van der Waals surface area contributed by atoms with Gasteiger partial charge in [0.1, 0.15) is 16.5 Å². The van der Waals surface area contributed by atoms with Crippen molar-refractivity contribution in [2.75, 3.05) is 18.0 Å². The molecule has 0 aliphatic carbocycles. The highest BCUT2D eigenvalue weighted by atomic mass is 35.5. The fraction of sp³-hybridized carbons (Fsp3) is 0.286. The Bertz CT molecular complexity index is 1190. The van der Waals surface area contributed by atoms with Gasteiger partial charge in [-0.2, -0.15) is 0 Å². The van der Waals surface area contributed by atoms with Crippen molar-refractivity contribution in [3.63, 3.8) is 0 Å². The molecule has 1 saturated heterocycles. The predicted molar refractivity (Wildman–Crippen MR) is 120 cm³/mol. The zero-order valence-electron chi connectivity index (χ0n) is 16.2. The number of rotatable bonds is 5. The van der Waals surface area contributed by atoms with Crippen molar-refractivity contribution in [1.29, 1.82) is 0 Å². The number of hydrogen-bond acceptors (Lipinski definition) is 5. The fourth-order valence-corrected chi connectivity index (χ4v) is 6.70. The largest absolute Gasteiger partial charge is 0.348 e. The Kier molecular flexibility index (Phi) is 6.53. The van der Waals surface area contributed by atoms with Crippen molar-refractivity contribution in [2.24, 2.45) is 0 Å². The third-order valence-corrected chi connectivity index (χ3v) is 9.26. The smallest absolute Gasteiger partial charge is 0.187 e. The summed E-state index contributed by atoms with van der Waals surface area (Å²) in [5.41, 5.74) is 1.87. The summed E-state index contributed by atoms with van der Waals surface area (Å²) in [6.07, 6.45) is 1.15. The van der Waals surface area contributed by atoms with E-state index in [-0.39, 0.29) is 12.8 Å². The highest BCUT2D eigenvalue weighted by Gasteiger charge is 2.35. The molecule has 0 bridgehead atoms. The molecule has 164 valence electrons. The summed E-state index contributed by atoms with van der Waals surface area (Å²) < 4.78 is 53.6. The monoisotopic (exact) mass is 502 g/mol. The third kappa shape index (κ3) is 4.72. The van der Waals surface area contributed by atoms with E-state index in [1.54, 1.807) is 12.1 Å². The van der Waals surface area contributed by atoms with E-state index >= 15 is 0 Å². The Morgan fingerprint density at radius 2 is 1.74 bits per heavy atom. The lowest BCUT2D eigenvalue weighted by molar-refractivity contribution is 0.497. The van der Waals surface area contributed by atoms with Gasteiger partial charge in [0.2, 0.25) is 0 Å². The molecule has 0 saturated carbocycles. The van der Waals surface area contributed by atoms with E-state index in [0.717, 1.165) is 34.6 Å². The Hall–Kier alpha value is -1.74. The molecule has 1 aliphatic rings. The fourth-order valence-electron chi connectivity index (χ4n) is 3.66. The number of piperidine rings is 1. The molecular weight excluding hydrogens is 485 g/mol. The number of anilines is 1. The van der Waals surface area contributed by atoms with Crippen LogP contribution in [0.1, 0.15) is 24.1 Å². The zero-order chi connectivity index (χ0) is 22.2. The van der Waals surface area contributed by atoms with Gasteiger partial charge in [0.15, 0.2) is 15.0 Å². The first-order valence-corrected chi connectivity index (χ1v) is 12.7. The van der Waals surface area contributed by atoms with Gasteiger partial charge in [-0.3, -0.25) is 0 Å². The number of thiazole rings is 1. The molecule has 0 radical (unpaired) electrons. The average molecular weight is 503 g/mol. The van der Waals surface area contributed by atoms with Gasteiger partial charge in [-0.1, -0.05) is 35.3 Å². The van der Waals surface area contributed by atoms with Crippen molar-refractivity contribution in [3.8, 4) is 0 Å². The molecule has 4 rings (SSSR count). The number of aromatic nitrogens is 1. The van der Waals surface area contributed by atoms with Gasteiger partial charge in [0.05, 0.1) is 21.0 Å². The van der Waals surface area contributed by atoms with Gasteiger partial charge in [-0.05, 0) is 42.7 Å². The first-order chi connectivity index (χ1) is 14.8. The van der Waals surface area contributed by atoms with Crippen molar-refractivity contribution < 1.29 is 17.2 Å². The second kappa shape index (κ2) is 9.02. The van der Waals surface area contributed by atoms with E-state index in [4.69, 9.17) is 23.2 Å². The molecule has 3 aromatic rings. The molecule has 2 heterocycles. The maximum atomic E-state index is 14.0. The Balaban J connectivity index is 1.43. The van der Waals surface area contributed by atoms with Gasteiger partial charge < -0.3 is 4.90 Å². The van der Waals surface area contributed by atoms with Crippen LogP contribution in [0, 0.1) is 11.6 Å². The van der Waals surface area contributed by atoms with E-state index in [0.29, 0.717) is 29.6 Å². The van der Waals surface area contributed by atoms with Crippen LogP contribution in [0.4, 0.5) is 13.9 Å². The SMILES string of the molecule is O=S(=O)(c1c(F)cccc1F)C1CCN(c2nc(Cc3ccc(Cl)c(Cl)c3)cs2)CC1. The van der Waals surface area contributed by atoms with E-state index < -0.39 is 31.6 Å². The van der Waals surface area contributed by atoms with Crippen LogP contribution in [-0.2, 0) is 16.3 Å². The lowest BCUT2D eigenvalue weighted by atomic mass is 10.1. The Morgan fingerprint density at radius 3 is 2.39 bits per heavy atom. The summed E-state index contributed by atoms with van der Waals surface area (Å²) in [6.45, 7) is 0.888. The van der Waals surface area contributed by atoms with Crippen molar-refractivity contribution in [1.82, 2.24) is 4.98 Å². The van der Waals surface area contributed by atoms with Crippen molar-refractivity contribution >= 4 is 49.5 Å². The van der Waals surface area contributed by atoms with Gasteiger partial charge in [0, 0.05) is 24.9 Å². The van der Waals surface area contributed by atoms with E-state index in [2.05, 4.69) is 4.98 Å². The number of nitrogens with zero attached hydrogens (tertiary/aromatic N) is 2. The van der Waals surface area contributed by atoms with Crippen LogP contribution in [0.5, 0.6) is 0 Å². The third-order valence-electron chi connectivity index (χ3n) is 5.26. The van der Waals surface area contributed by atoms with Crippen LogP contribution in [0.15, 0.2) is 46.7 Å². The lowest BCUT2D eigenvalue weighted by Gasteiger charge is -2.31. The molecule has 4 nitrogen and oxygen atoms in total. The Labute approximate surface area is 193 Å². The standard InChI is InChI=1S/C21H18Cl2F2N2O2S2/c22-16-5-4-13(11-17(16)23)10-14-12-30-21(26-14)27-8-6-15(7-9-27)31(28,29)20-18(24)2-1-3-19(20)25/h1-5,11-12,15H,6-10H2. The minimum Gasteiger partial charge on any atom is -0.348 e. The molecular formula is C21H18Cl2F2N2O2S2. The number of sulfone groups is 1. The van der Waals surface area contributed by atoms with Crippen LogP contribution in [0.3, 0.4) is 0 Å². The van der Waals surface area contributed by atoms with E-state index in [9.17, 15) is 17.2 Å². The topological polar surface area (TPSA) is 50.3 Å². The molecule has 0 unspecified atom stereocenters. The van der Waals surface area contributed by atoms with Crippen LogP contribution >= 0.6 is 34.5 Å². The number of halogens is 4. The maximum Gasteiger partial charge on any atom is 0.187 e. The summed E-state index contributed by atoms with van der Waals surface area (Å²) in [5, 5.41) is 2.91. The molecule has 1 aromatic heterocycles. The second-order valence-corrected chi connectivity index (χ2v) is 11.1. The first-order valence-electron chi connectivity index (χ1n) is 9.57. The minimum absolute atomic E-state index is 0.276. The van der Waals surface area contributed by atoms with Crippen molar-refractivity contribution in [3.05, 3.63) is 74.7 Å². The van der Waals surface area contributed by atoms with Crippen LogP contribution < -0.4 is 4.90 Å². The summed E-state index contributed by atoms with van der Waals surface area (Å²) in [5.74, 6) is -2.09. The lowest BCUT2D eigenvalue weighted by Crippen LogP contribution is -2.39. The van der Waals surface area contributed by atoms with Crippen molar-refractivity contribution in [2.45, 2.75) is 29.4 Å². The Morgan fingerprint density at radius 1 is 1.06 bits per heavy atom. The zero-order valence-corrected chi connectivity index (χ0v) is 19.3. The van der Waals surface area contributed by atoms with Crippen LogP contribution in [0.2, 0.25) is 10.0 Å². The van der Waals surface area contributed by atoms with Crippen LogP contribution in [0.25, 0.3) is 0 Å². The summed E-state index contributed by atoms with van der Waals surface area (Å²) >= 11 is 13.5. The summed E-state index contributed by atoms with van der Waals surface area (Å²) in [7, 11) is -4.09. The number of hydrogen-bond donors (Lipinski definition) is 0. The highest BCUT2D eigenvalue weighted by molar-refractivity contribution is 7.92. The molecule has 2 aromatic carbocycles. The molecule has 0 amide bonds. The predicted octanol–water partition coefficient (Wildman–Crippen LogP) is 5.76. The normalized spacial score (nSPS) is 15.4. The molecule has 1 aliphatic heterocycles. The number of benzene rings is 2. The molecule has 1 fully saturated rings. The van der Waals surface area contributed by atoms with Gasteiger partial charge in [-0.25, -0.2) is 22.2 Å². The quantitative estimate of drug-likeness (QED) is 0.444. The van der Waals surface area contributed by atoms with E-state index in [1.807, 2.05) is 16.3 Å². The first kappa shape index (κ1) is 22.5. The molecule has 31 heavy (non-hydrogen) atoms. The van der Waals surface area contributed by atoms with Crippen LogP contribution in [-0.4, -0.2) is 31.7 Å². The average Bonchev–Trinajstić information content (AvgIpc) is 3.19. The molecule has 0 N–H and O–H groups in total. The van der Waals surface area contributed by atoms with Gasteiger partial charge in [0.25, 0.3) is 0 Å². The van der Waals surface area contributed by atoms with Gasteiger partial charge >= 0.3 is 0 Å². The highest BCUT2D eigenvalue weighted by Crippen LogP contribution is 2.32. The molecule has 10 heteroatoms. The minimum atomic E-state index is -4.09.